The van der Waals surface area contributed by atoms with E-state index in [4.69, 9.17) is 15.2 Å². The maximum absolute atomic E-state index is 11.4. The Morgan fingerprint density at radius 2 is 2.36 bits per heavy atom. The Kier molecular flexibility index (Phi) is 4.35. The summed E-state index contributed by atoms with van der Waals surface area (Å²) in [6.45, 7) is 4.74. The Hall–Kier alpha value is -0.610. The van der Waals surface area contributed by atoms with E-state index in [0.29, 0.717) is 6.61 Å². The Bertz CT molecular complexity index is 188. The van der Waals surface area contributed by atoms with Gasteiger partial charge in [-0.05, 0) is 19.8 Å². The van der Waals surface area contributed by atoms with Crippen molar-refractivity contribution in [3.05, 3.63) is 0 Å². The number of esters is 1. The summed E-state index contributed by atoms with van der Waals surface area (Å²) in [6.07, 6.45) is 2.14. The lowest BCUT2D eigenvalue weighted by molar-refractivity contribution is -0.151. The first-order valence-electron chi connectivity index (χ1n) is 5.15. The second kappa shape index (κ2) is 5.32. The van der Waals surface area contributed by atoms with E-state index in [1.165, 1.54) is 0 Å². The van der Waals surface area contributed by atoms with Gasteiger partial charge in [-0.3, -0.25) is 4.79 Å². The monoisotopic (exact) mass is 201 g/mol. The molecule has 1 aliphatic rings. The second-order valence-electron chi connectivity index (χ2n) is 3.91. The first kappa shape index (κ1) is 11.5. The normalized spacial score (nSPS) is 25.8. The van der Waals surface area contributed by atoms with Crippen LogP contribution in [0.5, 0.6) is 0 Å². The number of carbonyl (C=O) groups is 1. The average molecular weight is 201 g/mol. The molecular formula is C10H19NO3. The van der Waals surface area contributed by atoms with Crippen molar-refractivity contribution >= 4 is 5.97 Å². The maximum atomic E-state index is 11.4. The lowest BCUT2D eigenvalue weighted by Gasteiger charge is -2.16. The summed E-state index contributed by atoms with van der Waals surface area (Å²) in [4.78, 5) is 11.4. The van der Waals surface area contributed by atoms with E-state index < -0.39 is 0 Å². The van der Waals surface area contributed by atoms with E-state index in [0.717, 1.165) is 19.4 Å². The predicted octanol–water partition coefficient (Wildman–Crippen LogP) is 0.692. The number of rotatable bonds is 4. The number of hydrogen-bond donors (Lipinski definition) is 1. The summed E-state index contributed by atoms with van der Waals surface area (Å²) < 4.78 is 10.4. The van der Waals surface area contributed by atoms with Gasteiger partial charge in [-0.25, -0.2) is 0 Å². The molecule has 1 heterocycles. The highest BCUT2D eigenvalue weighted by Gasteiger charge is 2.22. The van der Waals surface area contributed by atoms with Gasteiger partial charge >= 0.3 is 5.97 Å². The van der Waals surface area contributed by atoms with Crippen LogP contribution in [-0.4, -0.2) is 31.3 Å². The summed E-state index contributed by atoms with van der Waals surface area (Å²) in [5.74, 6) is -0.466. The zero-order chi connectivity index (χ0) is 10.6. The lowest BCUT2D eigenvalue weighted by Crippen LogP contribution is -2.33. The van der Waals surface area contributed by atoms with Gasteiger partial charge in [0.2, 0.25) is 0 Å². The first-order chi connectivity index (χ1) is 6.61. The van der Waals surface area contributed by atoms with Crippen LogP contribution >= 0.6 is 0 Å². The molecule has 0 aromatic heterocycles. The summed E-state index contributed by atoms with van der Waals surface area (Å²) >= 11 is 0. The van der Waals surface area contributed by atoms with Crippen molar-refractivity contribution in [1.29, 1.82) is 0 Å². The average Bonchev–Trinajstić information content (AvgIpc) is 2.65. The number of nitrogens with two attached hydrogens (primary N) is 1. The molecule has 82 valence electrons. The zero-order valence-corrected chi connectivity index (χ0v) is 8.86. The van der Waals surface area contributed by atoms with E-state index in [1.54, 1.807) is 13.8 Å². The Labute approximate surface area is 84.7 Å². The number of carbonyl (C=O) groups excluding carboxylic acids is 1. The third-order valence-electron chi connectivity index (χ3n) is 2.60. The van der Waals surface area contributed by atoms with Crippen molar-refractivity contribution in [2.45, 2.75) is 38.8 Å². The molecule has 2 N–H and O–H groups in total. The van der Waals surface area contributed by atoms with Crippen LogP contribution < -0.4 is 5.73 Å². The van der Waals surface area contributed by atoms with Crippen molar-refractivity contribution in [2.24, 2.45) is 11.7 Å². The molecule has 0 amide bonds. The standard InChI is InChI=1S/C10H19NO3/c1-7(8(2)11)10(12)14-6-9-4-3-5-13-9/h7-9H,3-6,11H2,1-2H3. The molecule has 14 heavy (non-hydrogen) atoms. The van der Waals surface area contributed by atoms with Crippen LogP contribution in [0.3, 0.4) is 0 Å². The van der Waals surface area contributed by atoms with Crippen LogP contribution in [0.1, 0.15) is 26.7 Å². The summed E-state index contributed by atoms with van der Waals surface area (Å²) in [6, 6.07) is -0.160. The summed E-state index contributed by atoms with van der Waals surface area (Å²) in [7, 11) is 0. The quantitative estimate of drug-likeness (QED) is 0.680. The molecule has 1 rings (SSSR count). The van der Waals surface area contributed by atoms with E-state index in [2.05, 4.69) is 0 Å². The van der Waals surface area contributed by atoms with E-state index >= 15 is 0 Å². The fourth-order valence-corrected chi connectivity index (χ4v) is 1.30. The minimum Gasteiger partial charge on any atom is -0.463 e. The molecule has 1 aliphatic heterocycles. The Morgan fingerprint density at radius 1 is 1.64 bits per heavy atom. The van der Waals surface area contributed by atoms with Crippen LogP contribution in [-0.2, 0) is 14.3 Å². The molecule has 0 spiro atoms. The van der Waals surface area contributed by atoms with Gasteiger partial charge in [-0.2, -0.15) is 0 Å². The van der Waals surface area contributed by atoms with Gasteiger partial charge in [0.05, 0.1) is 12.0 Å². The molecule has 1 fully saturated rings. The van der Waals surface area contributed by atoms with Crippen LogP contribution in [0.4, 0.5) is 0 Å². The Balaban J connectivity index is 2.19. The third-order valence-corrected chi connectivity index (χ3v) is 2.60. The van der Waals surface area contributed by atoms with Crippen molar-refractivity contribution in [1.82, 2.24) is 0 Å². The van der Waals surface area contributed by atoms with Crippen LogP contribution in [0.2, 0.25) is 0 Å². The van der Waals surface area contributed by atoms with Crippen molar-refractivity contribution in [3.63, 3.8) is 0 Å². The highest BCUT2D eigenvalue weighted by Crippen LogP contribution is 2.13. The van der Waals surface area contributed by atoms with Crippen molar-refractivity contribution in [3.8, 4) is 0 Å². The summed E-state index contributed by atoms with van der Waals surface area (Å²) in [5.41, 5.74) is 5.59. The van der Waals surface area contributed by atoms with Crippen molar-refractivity contribution < 1.29 is 14.3 Å². The second-order valence-corrected chi connectivity index (χ2v) is 3.91. The fraction of sp³-hybridized carbons (Fsp3) is 0.900. The van der Waals surface area contributed by atoms with Gasteiger partial charge in [0.1, 0.15) is 6.61 Å². The SMILES string of the molecule is CC(N)C(C)C(=O)OCC1CCCO1. The Morgan fingerprint density at radius 3 is 2.86 bits per heavy atom. The number of ether oxygens (including phenoxy) is 2. The maximum Gasteiger partial charge on any atom is 0.310 e. The third kappa shape index (κ3) is 3.27. The van der Waals surface area contributed by atoms with Crippen molar-refractivity contribution in [2.75, 3.05) is 13.2 Å². The summed E-state index contributed by atoms with van der Waals surface area (Å²) in [5, 5.41) is 0. The molecule has 0 aliphatic carbocycles. The number of hydrogen-bond acceptors (Lipinski definition) is 4. The molecule has 0 aromatic carbocycles. The molecule has 0 saturated carbocycles. The fourth-order valence-electron chi connectivity index (χ4n) is 1.30. The molecule has 3 unspecified atom stereocenters. The van der Waals surface area contributed by atoms with Crippen LogP contribution in [0.15, 0.2) is 0 Å². The molecule has 0 radical (unpaired) electrons. The van der Waals surface area contributed by atoms with E-state index in [1.807, 2.05) is 0 Å². The smallest absolute Gasteiger partial charge is 0.310 e. The predicted molar refractivity (Wildman–Crippen MR) is 52.7 cm³/mol. The van der Waals surface area contributed by atoms with Gasteiger partial charge in [0.25, 0.3) is 0 Å². The van der Waals surface area contributed by atoms with E-state index in [-0.39, 0.29) is 24.0 Å². The van der Waals surface area contributed by atoms with Gasteiger partial charge in [-0.15, -0.1) is 0 Å². The van der Waals surface area contributed by atoms with Crippen LogP contribution in [0.25, 0.3) is 0 Å². The first-order valence-corrected chi connectivity index (χ1v) is 5.15. The molecule has 1 saturated heterocycles. The van der Waals surface area contributed by atoms with Gasteiger partial charge in [0, 0.05) is 12.6 Å². The molecule has 3 atom stereocenters. The van der Waals surface area contributed by atoms with Gasteiger partial charge in [-0.1, -0.05) is 6.92 Å². The molecular weight excluding hydrogens is 182 g/mol. The minimum absolute atomic E-state index is 0.0965. The highest BCUT2D eigenvalue weighted by molar-refractivity contribution is 5.72. The molecule has 0 bridgehead atoms. The largest absolute Gasteiger partial charge is 0.463 e. The zero-order valence-electron chi connectivity index (χ0n) is 8.86. The molecule has 4 heteroatoms. The highest BCUT2D eigenvalue weighted by atomic mass is 16.6. The lowest BCUT2D eigenvalue weighted by atomic mass is 10.1. The van der Waals surface area contributed by atoms with Gasteiger partial charge in [0.15, 0.2) is 0 Å². The minimum atomic E-state index is -0.239. The molecule has 4 nitrogen and oxygen atoms in total. The topological polar surface area (TPSA) is 61.6 Å². The van der Waals surface area contributed by atoms with E-state index in [9.17, 15) is 4.79 Å². The van der Waals surface area contributed by atoms with Gasteiger partial charge < -0.3 is 15.2 Å². The molecule has 0 aromatic rings. The van der Waals surface area contributed by atoms with Crippen LogP contribution in [0, 0.1) is 5.92 Å².